The van der Waals surface area contributed by atoms with Crippen LogP contribution >= 0.6 is 0 Å². The number of allylic oxidation sites excluding steroid dienone is 10. The predicted molar refractivity (Wildman–Crippen MR) is 82.6 cm³/mol. The van der Waals surface area contributed by atoms with E-state index in [0.717, 1.165) is 6.42 Å². The Kier molecular flexibility index (Phi) is 3.33. The van der Waals surface area contributed by atoms with Crippen LogP contribution in [0.25, 0.3) is 5.57 Å². The summed E-state index contributed by atoms with van der Waals surface area (Å²) in [4.78, 5) is 0. The molecular weight excluding hydrogens is 228 g/mol. The summed E-state index contributed by atoms with van der Waals surface area (Å²) >= 11 is 0. The molecule has 0 N–H and O–H groups in total. The SMILES string of the molecule is C/C=C(/C1=CCC2C=CC=CC2=C1)c1ccccc1. The number of rotatable bonds is 2. The molecule has 0 amide bonds. The smallest absolute Gasteiger partial charge is 0.00561 e. The van der Waals surface area contributed by atoms with Crippen molar-refractivity contribution in [3.8, 4) is 0 Å². The topological polar surface area (TPSA) is 0 Å². The van der Waals surface area contributed by atoms with E-state index in [1.807, 2.05) is 0 Å². The van der Waals surface area contributed by atoms with Gasteiger partial charge in [-0.15, -0.1) is 0 Å². The Morgan fingerprint density at radius 3 is 2.79 bits per heavy atom. The highest BCUT2D eigenvalue weighted by Crippen LogP contribution is 2.34. The molecule has 3 rings (SSSR count). The number of fused-ring (bicyclic) bond motifs is 1. The third-order valence-electron chi connectivity index (χ3n) is 3.77. The molecule has 0 heteroatoms. The molecule has 0 bridgehead atoms. The molecule has 1 aromatic rings. The van der Waals surface area contributed by atoms with E-state index in [-0.39, 0.29) is 0 Å². The van der Waals surface area contributed by atoms with Gasteiger partial charge < -0.3 is 0 Å². The largest absolute Gasteiger partial charge is 0.0792 e. The van der Waals surface area contributed by atoms with Crippen LogP contribution in [-0.4, -0.2) is 0 Å². The van der Waals surface area contributed by atoms with Crippen molar-refractivity contribution < 1.29 is 0 Å². The Morgan fingerprint density at radius 2 is 2.00 bits per heavy atom. The molecule has 0 fully saturated rings. The van der Waals surface area contributed by atoms with Crippen molar-refractivity contribution >= 4 is 5.57 Å². The lowest BCUT2D eigenvalue weighted by atomic mass is 9.82. The van der Waals surface area contributed by atoms with Crippen molar-refractivity contribution in [1.29, 1.82) is 0 Å². The summed E-state index contributed by atoms with van der Waals surface area (Å²) < 4.78 is 0. The van der Waals surface area contributed by atoms with Crippen LogP contribution < -0.4 is 0 Å². The lowest BCUT2D eigenvalue weighted by Gasteiger charge is -2.22. The van der Waals surface area contributed by atoms with Crippen molar-refractivity contribution in [3.63, 3.8) is 0 Å². The molecule has 0 radical (unpaired) electrons. The number of hydrogen-bond donors (Lipinski definition) is 0. The summed E-state index contributed by atoms with van der Waals surface area (Å²) in [5, 5.41) is 0. The molecule has 2 aliphatic rings. The minimum absolute atomic E-state index is 0.572. The maximum absolute atomic E-state index is 2.36. The van der Waals surface area contributed by atoms with Crippen LogP contribution in [0.4, 0.5) is 0 Å². The molecule has 1 aromatic carbocycles. The standard InChI is InChI=1S/C19H18/c1-2-19(16-9-4-3-5-10-16)18-13-12-15-8-6-7-11-17(15)14-18/h2-11,13-15H,12H2,1H3/b19-2+. The highest BCUT2D eigenvalue weighted by Gasteiger charge is 2.17. The van der Waals surface area contributed by atoms with E-state index in [1.54, 1.807) is 0 Å². The van der Waals surface area contributed by atoms with Gasteiger partial charge in [-0.3, -0.25) is 0 Å². The molecular formula is C19H18. The fourth-order valence-corrected chi connectivity index (χ4v) is 2.77. The number of benzene rings is 1. The average Bonchev–Trinajstić information content (AvgIpc) is 2.49. The van der Waals surface area contributed by atoms with Gasteiger partial charge in [-0.25, -0.2) is 0 Å². The summed E-state index contributed by atoms with van der Waals surface area (Å²) in [6.45, 7) is 2.12. The molecule has 94 valence electrons. The second-order valence-electron chi connectivity index (χ2n) is 4.96. The van der Waals surface area contributed by atoms with Crippen LogP contribution in [0, 0.1) is 5.92 Å². The van der Waals surface area contributed by atoms with Gasteiger partial charge in [0.2, 0.25) is 0 Å². The summed E-state index contributed by atoms with van der Waals surface area (Å²) in [6, 6.07) is 10.6. The maximum atomic E-state index is 2.36. The van der Waals surface area contributed by atoms with Crippen molar-refractivity contribution in [2.24, 2.45) is 5.92 Å². The van der Waals surface area contributed by atoms with E-state index in [2.05, 4.69) is 79.8 Å². The van der Waals surface area contributed by atoms with Crippen molar-refractivity contribution in [2.45, 2.75) is 13.3 Å². The molecule has 0 saturated carbocycles. The van der Waals surface area contributed by atoms with E-state index < -0.39 is 0 Å². The molecule has 19 heavy (non-hydrogen) atoms. The molecule has 0 aromatic heterocycles. The fraction of sp³-hybridized carbons (Fsp3) is 0.158. The molecule has 1 atom stereocenters. The van der Waals surface area contributed by atoms with Crippen LogP contribution in [-0.2, 0) is 0 Å². The zero-order chi connectivity index (χ0) is 13.1. The molecule has 1 unspecified atom stereocenters. The van der Waals surface area contributed by atoms with E-state index in [1.165, 1.54) is 22.3 Å². The van der Waals surface area contributed by atoms with E-state index in [4.69, 9.17) is 0 Å². The van der Waals surface area contributed by atoms with Gasteiger partial charge in [0.15, 0.2) is 0 Å². The van der Waals surface area contributed by atoms with Gasteiger partial charge in [-0.1, -0.05) is 72.9 Å². The van der Waals surface area contributed by atoms with Gasteiger partial charge in [0.25, 0.3) is 0 Å². The van der Waals surface area contributed by atoms with E-state index >= 15 is 0 Å². The summed E-state index contributed by atoms with van der Waals surface area (Å²) in [5.41, 5.74) is 5.39. The zero-order valence-electron chi connectivity index (χ0n) is 11.2. The zero-order valence-corrected chi connectivity index (χ0v) is 11.2. The van der Waals surface area contributed by atoms with E-state index in [9.17, 15) is 0 Å². The lowest BCUT2D eigenvalue weighted by molar-refractivity contribution is 0.776. The van der Waals surface area contributed by atoms with Crippen molar-refractivity contribution in [1.82, 2.24) is 0 Å². The summed E-state index contributed by atoms with van der Waals surface area (Å²) in [7, 11) is 0. The first-order valence-corrected chi connectivity index (χ1v) is 6.87. The third kappa shape index (κ3) is 2.39. The molecule has 0 spiro atoms. The summed E-state index contributed by atoms with van der Waals surface area (Å²) in [6.07, 6.45) is 16.8. The normalized spacial score (nSPS) is 21.7. The van der Waals surface area contributed by atoms with Crippen LogP contribution in [0.15, 0.2) is 84.0 Å². The highest BCUT2D eigenvalue weighted by atomic mass is 14.2. The van der Waals surface area contributed by atoms with Crippen molar-refractivity contribution in [3.05, 3.63) is 89.6 Å². The van der Waals surface area contributed by atoms with Crippen molar-refractivity contribution in [2.75, 3.05) is 0 Å². The summed E-state index contributed by atoms with van der Waals surface area (Å²) in [5.74, 6) is 0.572. The van der Waals surface area contributed by atoms with Crippen LogP contribution in [0.5, 0.6) is 0 Å². The minimum Gasteiger partial charge on any atom is -0.0792 e. The van der Waals surface area contributed by atoms with E-state index in [0.29, 0.717) is 5.92 Å². The minimum atomic E-state index is 0.572. The lowest BCUT2D eigenvalue weighted by Crippen LogP contribution is -2.06. The molecule has 0 saturated heterocycles. The first kappa shape index (κ1) is 12.0. The third-order valence-corrected chi connectivity index (χ3v) is 3.77. The first-order chi connectivity index (χ1) is 9.38. The fourth-order valence-electron chi connectivity index (χ4n) is 2.77. The molecule has 0 aliphatic heterocycles. The van der Waals surface area contributed by atoms with Crippen LogP contribution in [0.1, 0.15) is 18.9 Å². The Labute approximate surface area is 115 Å². The Morgan fingerprint density at radius 1 is 1.16 bits per heavy atom. The second kappa shape index (κ2) is 5.27. The molecule has 0 nitrogen and oxygen atoms in total. The van der Waals surface area contributed by atoms with Gasteiger partial charge in [-0.2, -0.15) is 0 Å². The average molecular weight is 246 g/mol. The Bertz CT molecular complexity index is 607. The van der Waals surface area contributed by atoms with Gasteiger partial charge >= 0.3 is 0 Å². The Hall–Kier alpha value is -2.08. The van der Waals surface area contributed by atoms with Gasteiger partial charge in [-0.05, 0) is 35.6 Å². The van der Waals surface area contributed by atoms with Gasteiger partial charge in [0, 0.05) is 5.92 Å². The first-order valence-electron chi connectivity index (χ1n) is 6.87. The predicted octanol–water partition coefficient (Wildman–Crippen LogP) is 5.09. The second-order valence-corrected chi connectivity index (χ2v) is 4.96. The quantitative estimate of drug-likeness (QED) is 0.682. The highest BCUT2D eigenvalue weighted by molar-refractivity contribution is 5.82. The Balaban J connectivity index is 1.95. The molecule has 0 heterocycles. The molecule has 2 aliphatic carbocycles. The van der Waals surface area contributed by atoms with Gasteiger partial charge in [0.1, 0.15) is 0 Å². The van der Waals surface area contributed by atoms with Crippen LogP contribution in [0.2, 0.25) is 0 Å². The number of hydrogen-bond acceptors (Lipinski definition) is 0. The monoisotopic (exact) mass is 246 g/mol. The maximum Gasteiger partial charge on any atom is 0.00561 e. The van der Waals surface area contributed by atoms with Crippen LogP contribution in [0.3, 0.4) is 0 Å². The van der Waals surface area contributed by atoms with Gasteiger partial charge in [0.05, 0.1) is 0 Å².